The molecule has 0 aliphatic rings. The van der Waals surface area contributed by atoms with E-state index in [-0.39, 0.29) is 6.79 Å². The number of ether oxygens (including phenoxy) is 2. The van der Waals surface area contributed by atoms with Gasteiger partial charge in [0.15, 0.2) is 6.79 Å². The Morgan fingerprint density at radius 1 is 1.00 bits per heavy atom. The van der Waals surface area contributed by atoms with Gasteiger partial charge in [0.2, 0.25) is 0 Å². The van der Waals surface area contributed by atoms with Gasteiger partial charge in [0.1, 0.15) is 5.75 Å². The van der Waals surface area contributed by atoms with Crippen molar-refractivity contribution in [2.75, 3.05) is 13.9 Å². The van der Waals surface area contributed by atoms with Crippen molar-refractivity contribution in [2.24, 2.45) is 0 Å². The highest BCUT2D eigenvalue weighted by Gasteiger charge is 2.17. The van der Waals surface area contributed by atoms with Crippen LogP contribution < -0.4 is 4.74 Å². The molecule has 1 aromatic heterocycles. The van der Waals surface area contributed by atoms with Crippen molar-refractivity contribution >= 4 is 10.9 Å². The van der Waals surface area contributed by atoms with E-state index in [1.54, 1.807) is 7.11 Å². The van der Waals surface area contributed by atoms with Crippen LogP contribution in [0.5, 0.6) is 5.75 Å². The van der Waals surface area contributed by atoms with E-state index >= 15 is 0 Å². The lowest BCUT2D eigenvalue weighted by molar-refractivity contribution is 0.0520. The number of aryl methyl sites for hydroxylation is 2. The summed E-state index contributed by atoms with van der Waals surface area (Å²) >= 11 is 0. The molecule has 0 saturated heterocycles. The Morgan fingerprint density at radius 2 is 1.77 bits per heavy atom. The number of rotatable bonds is 5. The minimum atomic E-state index is 0.258. The van der Waals surface area contributed by atoms with Crippen LogP contribution in [0.15, 0.2) is 48.5 Å². The van der Waals surface area contributed by atoms with Crippen molar-refractivity contribution in [1.29, 1.82) is 0 Å². The number of benzene rings is 2. The number of nitrogens with zero attached hydrogens (tertiary/aromatic N) is 1. The molecule has 0 fully saturated rings. The normalized spacial score (nSPS) is 11.0. The first kappa shape index (κ1) is 14.7. The molecule has 0 radical (unpaired) electrons. The Morgan fingerprint density at radius 3 is 2.45 bits per heavy atom. The Hall–Kier alpha value is -2.26. The summed E-state index contributed by atoms with van der Waals surface area (Å²) in [7, 11) is 1.64. The van der Waals surface area contributed by atoms with Crippen LogP contribution in [0.25, 0.3) is 22.2 Å². The predicted octanol–water partition coefficient (Wildman–Crippen LogP) is 4.62. The smallest absolute Gasteiger partial charge is 0.188 e. The Bertz CT molecular complexity index is 775. The van der Waals surface area contributed by atoms with Crippen LogP contribution in [0.1, 0.15) is 12.5 Å². The molecular weight excluding hydrogens is 274 g/mol. The molecule has 114 valence electrons. The maximum atomic E-state index is 5.77. The van der Waals surface area contributed by atoms with Crippen LogP contribution in [0, 0.1) is 6.92 Å². The van der Waals surface area contributed by atoms with Crippen molar-refractivity contribution in [3.63, 3.8) is 0 Å². The van der Waals surface area contributed by atoms with Gasteiger partial charge in [0, 0.05) is 19.0 Å². The Labute approximate surface area is 131 Å². The minimum absolute atomic E-state index is 0.258. The molecule has 1 heterocycles. The average molecular weight is 295 g/mol. The molecule has 0 bridgehead atoms. The van der Waals surface area contributed by atoms with Gasteiger partial charge in [-0.2, -0.15) is 0 Å². The molecule has 0 N–H and O–H groups in total. The Kier molecular flexibility index (Phi) is 4.16. The van der Waals surface area contributed by atoms with Crippen LogP contribution in [-0.2, 0) is 11.3 Å². The largest absolute Gasteiger partial charge is 0.465 e. The van der Waals surface area contributed by atoms with E-state index in [0.29, 0.717) is 0 Å². The molecule has 3 rings (SSSR count). The summed E-state index contributed by atoms with van der Waals surface area (Å²) in [6, 6.07) is 16.7. The number of methoxy groups -OCH3 is 1. The highest BCUT2D eigenvalue weighted by molar-refractivity contribution is 5.95. The number of fused-ring (bicyclic) bond motifs is 1. The third-order valence-corrected chi connectivity index (χ3v) is 3.99. The van der Waals surface area contributed by atoms with E-state index < -0.39 is 0 Å². The molecule has 3 aromatic rings. The van der Waals surface area contributed by atoms with Gasteiger partial charge in [0.25, 0.3) is 0 Å². The van der Waals surface area contributed by atoms with Gasteiger partial charge in [-0.3, -0.25) is 0 Å². The average Bonchev–Trinajstić information content (AvgIpc) is 2.86. The first-order valence-corrected chi connectivity index (χ1v) is 7.56. The minimum Gasteiger partial charge on any atom is -0.465 e. The van der Waals surface area contributed by atoms with Crippen molar-refractivity contribution in [3.8, 4) is 17.0 Å². The van der Waals surface area contributed by atoms with E-state index in [9.17, 15) is 0 Å². The molecule has 0 amide bonds. The summed E-state index contributed by atoms with van der Waals surface area (Å²) < 4.78 is 13.2. The zero-order valence-electron chi connectivity index (χ0n) is 13.3. The number of para-hydroxylation sites is 1. The molecule has 3 heteroatoms. The second-order valence-corrected chi connectivity index (χ2v) is 5.29. The van der Waals surface area contributed by atoms with Crippen LogP contribution >= 0.6 is 0 Å². The molecule has 3 nitrogen and oxygen atoms in total. The molecular formula is C19H21NO2. The fraction of sp³-hybridized carbons (Fsp3) is 0.263. The van der Waals surface area contributed by atoms with Gasteiger partial charge in [0.05, 0.1) is 11.2 Å². The molecule has 22 heavy (non-hydrogen) atoms. The van der Waals surface area contributed by atoms with E-state index in [1.807, 2.05) is 18.2 Å². The maximum absolute atomic E-state index is 5.77. The third-order valence-electron chi connectivity index (χ3n) is 3.99. The van der Waals surface area contributed by atoms with Crippen molar-refractivity contribution in [2.45, 2.75) is 20.4 Å². The standard InChI is InChI=1S/C19H21NO2/c1-4-20-18(15-9-6-5-7-10-15)14(2)16-11-8-12-17(19(16)20)22-13-21-3/h5-12H,4,13H2,1-3H3. The summed E-state index contributed by atoms with van der Waals surface area (Å²) in [4.78, 5) is 0. The Balaban J connectivity index is 2.28. The highest BCUT2D eigenvalue weighted by Crippen LogP contribution is 2.37. The second kappa shape index (κ2) is 6.24. The van der Waals surface area contributed by atoms with Crippen molar-refractivity contribution in [3.05, 3.63) is 54.1 Å². The van der Waals surface area contributed by atoms with Crippen molar-refractivity contribution < 1.29 is 9.47 Å². The van der Waals surface area contributed by atoms with Gasteiger partial charge in [-0.05, 0) is 31.0 Å². The summed E-state index contributed by atoms with van der Waals surface area (Å²) in [5.74, 6) is 0.867. The first-order valence-electron chi connectivity index (χ1n) is 7.56. The van der Waals surface area contributed by atoms with E-state index in [2.05, 4.69) is 48.7 Å². The molecule has 0 aliphatic carbocycles. The zero-order chi connectivity index (χ0) is 15.5. The fourth-order valence-corrected chi connectivity index (χ4v) is 3.07. The lowest BCUT2D eigenvalue weighted by Crippen LogP contribution is -2.02. The maximum Gasteiger partial charge on any atom is 0.188 e. The number of aromatic nitrogens is 1. The first-order chi connectivity index (χ1) is 10.8. The van der Waals surface area contributed by atoms with Gasteiger partial charge >= 0.3 is 0 Å². The summed E-state index contributed by atoms with van der Waals surface area (Å²) in [5.41, 5.74) is 4.91. The lowest BCUT2D eigenvalue weighted by Gasteiger charge is -2.12. The summed E-state index contributed by atoms with van der Waals surface area (Å²) in [6.45, 7) is 5.49. The third kappa shape index (κ3) is 2.38. The van der Waals surface area contributed by atoms with Gasteiger partial charge in [-0.15, -0.1) is 0 Å². The molecule has 0 saturated carbocycles. The monoisotopic (exact) mass is 295 g/mol. The van der Waals surface area contributed by atoms with Crippen LogP contribution in [0.4, 0.5) is 0 Å². The van der Waals surface area contributed by atoms with E-state index in [4.69, 9.17) is 9.47 Å². The van der Waals surface area contributed by atoms with Gasteiger partial charge in [-0.1, -0.05) is 42.5 Å². The van der Waals surface area contributed by atoms with Crippen molar-refractivity contribution in [1.82, 2.24) is 4.57 Å². The topological polar surface area (TPSA) is 23.4 Å². The highest BCUT2D eigenvalue weighted by atomic mass is 16.7. The summed E-state index contributed by atoms with van der Waals surface area (Å²) in [5, 5.41) is 1.23. The molecule has 0 atom stereocenters. The molecule has 0 unspecified atom stereocenters. The van der Waals surface area contributed by atoms with Gasteiger partial charge < -0.3 is 14.0 Å². The predicted molar refractivity (Wildman–Crippen MR) is 90.3 cm³/mol. The molecule has 0 spiro atoms. The van der Waals surface area contributed by atoms with Crippen LogP contribution in [-0.4, -0.2) is 18.5 Å². The van der Waals surface area contributed by atoms with Gasteiger partial charge in [-0.25, -0.2) is 0 Å². The quantitative estimate of drug-likeness (QED) is 0.641. The zero-order valence-corrected chi connectivity index (χ0v) is 13.3. The fourth-order valence-electron chi connectivity index (χ4n) is 3.07. The molecule has 2 aromatic carbocycles. The summed E-state index contributed by atoms with van der Waals surface area (Å²) in [6.07, 6.45) is 0. The number of hydrogen-bond donors (Lipinski definition) is 0. The lowest BCUT2D eigenvalue weighted by atomic mass is 10.1. The second-order valence-electron chi connectivity index (χ2n) is 5.29. The van der Waals surface area contributed by atoms with E-state index in [0.717, 1.165) is 17.8 Å². The SMILES string of the molecule is CCn1c(-c2ccccc2)c(C)c2cccc(OCOC)c21. The molecule has 0 aliphatic heterocycles. The van der Waals surface area contributed by atoms with E-state index in [1.165, 1.54) is 22.2 Å². The van der Waals surface area contributed by atoms with Crippen LogP contribution in [0.2, 0.25) is 0 Å². The number of hydrogen-bond acceptors (Lipinski definition) is 2. The van der Waals surface area contributed by atoms with Crippen LogP contribution in [0.3, 0.4) is 0 Å².